The van der Waals surface area contributed by atoms with Crippen molar-refractivity contribution in [1.29, 1.82) is 0 Å². The zero-order chi connectivity index (χ0) is 13.1. The number of methoxy groups -OCH3 is 1. The smallest absolute Gasteiger partial charge is 0.355 e. The summed E-state index contributed by atoms with van der Waals surface area (Å²) in [6, 6.07) is 11.1. The number of rotatable bonds is 3. The molecule has 0 radical (unpaired) electrons. The SMILES string of the molecule is COc1ccc2cc([C@H](C)C(=O)OF)ccc2c1. The van der Waals surface area contributed by atoms with E-state index in [4.69, 9.17) is 4.74 Å². The van der Waals surface area contributed by atoms with Gasteiger partial charge in [0.2, 0.25) is 0 Å². The molecule has 0 fully saturated rings. The van der Waals surface area contributed by atoms with Crippen molar-refractivity contribution in [3.63, 3.8) is 0 Å². The van der Waals surface area contributed by atoms with Crippen molar-refractivity contribution in [3.8, 4) is 5.75 Å². The molecule has 2 aromatic rings. The minimum atomic E-state index is -0.886. The molecule has 0 N–H and O–H groups in total. The minimum Gasteiger partial charge on any atom is -0.497 e. The van der Waals surface area contributed by atoms with E-state index in [1.165, 1.54) is 0 Å². The molecule has 2 rings (SSSR count). The largest absolute Gasteiger partial charge is 0.497 e. The molecule has 0 saturated heterocycles. The van der Waals surface area contributed by atoms with Crippen LogP contribution in [0.5, 0.6) is 5.75 Å². The van der Waals surface area contributed by atoms with Crippen LogP contribution >= 0.6 is 0 Å². The van der Waals surface area contributed by atoms with E-state index in [1.807, 2.05) is 30.3 Å². The van der Waals surface area contributed by atoms with Gasteiger partial charge in [-0.15, -0.1) is 0 Å². The fraction of sp³-hybridized carbons (Fsp3) is 0.214. The monoisotopic (exact) mass is 248 g/mol. The van der Waals surface area contributed by atoms with Crippen LogP contribution in [0.2, 0.25) is 0 Å². The van der Waals surface area contributed by atoms with Gasteiger partial charge in [0.15, 0.2) is 0 Å². The maximum Gasteiger partial charge on any atom is 0.355 e. The summed E-state index contributed by atoms with van der Waals surface area (Å²) in [5.41, 5.74) is 0.718. The van der Waals surface area contributed by atoms with Crippen LogP contribution in [-0.4, -0.2) is 13.1 Å². The Morgan fingerprint density at radius 2 is 1.83 bits per heavy atom. The summed E-state index contributed by atoms with van der Waals surface area (Å²) < 4.78 is 17.0. The van der Waals surface area contributed by atoms with E-state index in [0.717, 1.165) is 22.1 Å². The molecule has 1 atom stereocenters. The number of hydrogen-bond acceptors (Lipinski definition) is 3. The first-order valence-electron chi connectivity index (χ1n) is 5.56. The quantitative estimate of drug-likeness (QED) is 0.835. The minimum absolute atomic E-state index is 0.624. The van der Waals surface area contributed by atoms with Crippen LogP contribution in [0, 0.1) is 0 Å². The van der Waals surface area contributed by atoms with E-state index >= 15 is 0 Å². The van der Waals surface area contributed by atoms with Crippen molar-refractivity contribution >= 4 is 16.7 Å². The van der Waals surface area contributed by atoms with E-state index in [1.54, 1.807) is 20.1 Å². The summed E-state index contributed by atoms with van der Waals surface area (Å²) in [5, 5.41) is 1.96. The highest BCUT2D eigenvalue weighted by molar-refractivity contribution is 5.86. The number of carbonyl (C=O) groups is 1. The van der Waals surface area contributed by atoms with Crippen LogP contribution in [-0.2, 0) is 9.74 Å². The first kappa shape index (κ1) is 12.4. The molecule has 0 aliphatic heterocycles. The van der Waals surface area contributed by atoms with Crippen molar-refractivity contribution < 1.29 is 19.0 Å². The standard InChI is InChI=1S/C14H13FO3/c1-9(14(16)18-15)10-3-4-12-8-13(17-2)6-5-11(12)7-10/h3-9H,1-2H3/t9-/m0/s1. The highest BCUT2D eigenvalue weighted by atomic mass is 19.3. The van der Waals surface area contributed by atoms with Gasteiger partial charge in [0.05, 0.1) is 13.0 Å². The van der Waals surface area contributed by atoms with Gasteiger partial charge in [-0.2, -0.15) is 0 Å². The first-order chi connectivity index (χ1) is 8.65. The Hall–Kier alpha value is -2.10. The van der Waals surface area contributed by atoms with Crippen molar-refractivity contribution in [3.05, 3.63) is 42.0 Å². The number of ether oxygens (including phenoxy) is 1. The lowest BCUT2D eigenvalue weighted by molar-refractivity contribution is -0.185. The van der Waals surface area contributed by atoms with Crippen LogP contribution in [0.4, 0.5) is 4.53 Å². The van der Waals surface area contributed by atoms with E-state index in [0.29, 0.717) is 0 Å². The summed E-state index contributed by atoms with van der Waals surface area (Å²) in [6.07, 6.45) is 0. The van der Waals surface area contributed by atoms with Crippen molar-refractivity contribution in [2.24, 2.45) is 0 Å². The second kappa shape index (κ2) is 5.04. The Morgan fingerprint density at radius 1 is 1.17 bits per heavy atom. The van der Waals surface area contributed by atoms with Crippen molar-refractivity contribution in [2.75, 3.05) is 7.11 Å². The Labute approximate surface area is 104 Å². The first-order valence-corrected chi connectivity index (χ1v) is 5.56. The second-order valence-corrected chi connectivity index (χ2v) is 4.09. The zero-order valence-corrected chi connectivity index (χ0v) is 10.1. The van der Waals surface area contributed by atoms with E-state index < -0.39 is 11.9 Å². The molecular formula is C14H13FO3. The fourth-order valence-corrected chi connectivity index (χ4v) is 1.84. The third-order valence-electron chi connectivity index (χ3n) is 3.00. The van der Waals surface area contributed by atoms with Crippen LogP contribution < -0.4 is 4.74 Å². The summed E-state index contributed by atoms with van der Waals surface area (Å²) >= 11 is 0. The van der Waals surface area contributed by atoms with Gasteiger partial charge in [-0.1, -0.05) is 24.3 Å². The molecule has 94 valence electrons. The molecule has 0 spiro atoms. The van der Waals surface area contributed by atoms with Crippen LogP contribution in [0.15, 0.2) is 36.4 Å². The predicted molar refractivity (Wildman–Crippen MR) is 66.1 cm³/mol. The van der Waals surface area contributed by atoms with Gasteiger partial charge in [-0.25, -0.2) is 4.79 Å². The van der Waals surface area contributed by atoms with Gasteiger partial charge in [0.1, 0.15) is 5.75 Å². The molecule has 18 heavy (non-hydrogen) atoms. The Morgan fingerprint density at radius 3 is 2.50 bits per heavy atom. The van der Waals surface area contributed by atoms with Gasteiger partial charge in [-0.05, 0) is 35.4 Å². The van der Waals surface area contributed by atoms with Gasteiger partial charge >= 0.3 is 5.97 Å². The Bertz CT molecular complexity index is 580. The summed E-state index contributed by atoms with van der Waals surface area (Å²) in [6.45, 7) is 1.60. The lowest BCUT2D eigenvalue weighted by Crippen LogP contribution is -2.08. The van der Waals surface area contributed by atoms with Crippen molar-refractivity contribution in [2.45, 2.75) is 12.8 Å². The van der Waals surface area contributed by atoms with E-state index in [9.17, 15) is 9.32 Å². The lowest BCUT2D eigenvalue weighted by Gasteiger charge is -2.09. The molecule has 4 heteroatoms. The highest BCUT2D eigenvalue weighted by Gasteiger charge is 2.17. The molecule has 0 heterocycles. The molecule has 0 amide bonds. The average Bonchev–Trinajstić information content (AvgIpc) is 2.44. The second-order valence-electron chi connectivity index (χ2n) is 4.09. The molecule has 0 unspecified atom stereocenters. The zero-order valence-electron chi connectivity index (χ0n) is 10.1. The molecule has 0 bridgehead atoms. The van der Waals surface area contributed by atoms with Gasteiger partial charge in [0, 0.05) is 4.53 Å². The van der Waals surface area contributed by atoms with Gasteiger partial charge in [0.25, 0.3) is 0 Å². The van der Waals surface area contributed by atoms with E-state index in [-0.39, 0.29) is 0 Å². The number of benzene rings is 2. The van der Waals surface area contributed by atoms with Gasteiger partial charge < -0.3 is 4.74 Å². The van der Waals surface area contributed by atoms with E-state index in [2.05, 4.69) is 4.94 Å². The average molecular weight is 248 g/mol. The molecule has 2 aromatic carbocycles. The normalized spacial score (nSPS) is 12.2. The maximum atomic E-state index is 11.9. The third-order valence-corrected chi connectivity index (χ3v) is 3.00. The topological polar surface area (TPSA) is 35.5 Å². The number of halogens is 1. The third kappa shape index (κ3) is 2.27. The summed E-state index contributed by atoms with van der Waals surface area (Å²) in [7, 11) is 1.61. The number of carbonyl (C=O) groups excluding carboxylic acids is 1. The Balaban J connectivity index is 2.42. The number of fused-ring (bicyclic) bond motifs is 1. The molecule has 0 saturated carbocycles. The fourth-order valence-electron chi connectivity index (χ4n) is 1.84. The van der Waals surface area contributed by atoms with Crippen LogP contribution in [0.1, 0.15) is 18.4 Å². The van der Waals surface area contributed by atoms with Crippen molar-refractivity contribution in [1.82, 2.24) is 0 Å². The molecule has 0 aliphatic rings. The molecular weight excluding hydrogens is 235 g/mol. The van der Waals surface area contributed by atoms with Crippen LogP contribution in [0.25, 0.3) is 10.8 Å². The summed E-state index contributed by atoms with van der Waals surface area (Å²) in [4.78, 5) is 14.4. The Kier molecular flexibility index (Phi) is 3.46. The maximum absolute atomic E-state index is 11.9. The van der Waals surface area contributed by atoms with Crippen LogP contribution in [0.3, 0.4) is 0 Å². The highest BCUT2D eigenvalue weighted by Crippen LogP contribution is 2.25. The molecule has 0 aliphatic carbocycles. The van der Waals surface area contributed by atoms with Gasteiger partial charge in [-0.3, -0.25) is 4.94 Å². The lowest BCUT2D eigenvalue weighted by atomic mass is 9.98. The molecule has 0 aromatic heterocycles. The predicted octanol–water partition coefficient (Wildman–Crippen LogP) is 3.38. The number of hydrogen-bond donors (Lipinski definition) is 0. The molecule has 3 nitrogen and oxygen atoms in total. The summed E-state index contributed by atoms with van der Waals surface area (Å²) in [5.74, 6) is -0.740.